The van der Waals surface area contributed by atoms with Gasteiger partial charge in [-0.15, -0.1) is 0 Å². The Balaban J connectivity index is 4.58. The lowest BCUT2D eigenvalue weighted by Crippen LogP contribution is -2.45. The highest BCUT2D eigenvalue weighted by atomic mass is 31.2. The van der Waals surface area contributed by atoms with Crippen LogP contribution in [-0.2, 0) is 18.4 Å². The van der Waals surface area contributed by atoms with Crippen molar-refractivity contribution < 1.29 is 32.9 Å². The van der Waals surface area contributed by atoms with Crippen LogP contribution in [0.4, 0.5) is 0 Å². The molecule has 0 aromatic heterocycles. The molecule has 0 aromatic carbocycles. The molecule has 0 saturated heterocycles. The van der Waals surface area contributed by atoms with Crippen molar-refractivity contribution in [1.29, 1.82) is 0 Å². The van der Waals surface area contributed by atoms with Crippen molar-refractivity contribution in [3.8, 4) is 0 Å². The van der Waals surface area contributed by atoms with Crippen LogP contribution < -0.4 is 5.32 Å². The molecule has 51 heavy (non-hydrogen) atoms. The average Bonchev–Trinajstić information content (AvgIpc) is 3.07. The highest BCUT2D eigenvalue weighted by Crippen LogP contribution is 2.43. The zero-order valence-corrected chi connectivity index (χ0v) is 34.5. The summed E-state index contributed by atoms with van der Waals surface area (Å²) in [6, 6.07) is -0.870. The molecule has 1 amide bonds. The van der Waals surface area contributed by atoms with Crippen molar-refractivity contribution in [3.05, 3.63) is 48.6 Å². The van der Waals surface area contributed by atoms with Crippen LogP contribution >= 0.6 is 7.82 Å². The van der Waals surface area contributed by atoms with Gasteiger partial charge in [-0.3, -0.25) is 13.8 Å². The van der Waals surface area contributed by atoms with E-state index in [2.05, 4.69) is 55.6 Å². The molecule has 3 atom stereocenters. The molecule has 8 nitrogen and oxygen atoms in total. The van der Waals surface area contributed by atoms with Crippen molar-refractivity contribution in [2.75, 3.05) is 40.9 Å². The minimum absolute atomic E-state index is 0.0514. The molecule has 3 unspecified atom stereocenters. The van der Waals surface area contributed by atoms with E-state index >= 15 is 0 Å². The number of carbonyl (C=O) groups is 1. The van der Waals surface area contributed by atoms with E-state index in [0.717, 1.165) is 44.9 Å². The lowest BCUT2D eigenvalue weighted by Gasteiger charge is -2.25. The van der Waals surface area contributed by atoms with Gasteiger partial charge in [0.1, 0.15) is 13.2 Å². The standard InChI is InChI=1S/C42H79N2O6P/c1-6-8-10-12-14-16-18-20-22-24-26-28-30-32-34-36-42(46)43-40(39-50-51(47,48)49-38-37-44(3,4)5)41(45)35-33-31-29-27-25-23-21-19-17-15-13-11-9-7-2/h16-19,25,27,33,35,40-41,45H,6-15,20-24,26,28-32,34,36-39H2,1-5H3,(H-,43,46,47,48)/p+1/b18-16-,19-17+,27-25+,35-33+. The molecule has 0 aliphatic heterocycles. The molecule has 0 saturated carbocycles. The van der Waals surface area contributed by atoms with Gasteiger partial charge in [0.05, 0.1) is 39.9 Å². The van der Waals surface area contributed by atoms with E-state index in [9.17, 15) is 19.4 Å². The van der Waals surface area contributed by atoms with Gasteiger partial charge in [0.15, 0.2) is 0 Å². The normalized spacial score (nSPS) is 15.0. The minimum atomic E-state index is -4.34. The molecular formula is C42H80N2O6P+. The van der Waals surface area contributed by atoms with Crippen molar-refractivity contribution in [2.45, 2.75) is 174 Å². The van der Waals surface area contributed by atoms with Crippen molar-refractivity contribution in [1.82, 2.24) is 5.32 Å². The molecule has 3 N–H and O–H groups in total. The Morgan fingerprint density at radius 3 is 1.57 bits per heavy atom. The van der Waals surface area contributed by atoms with Gasteiger partial charge in [0.2, 0.25) is 5.91 Å². The number of allylic oxidation sites excluding steroid dienone is 7. The number of quaternary nitrogens is 1. The number of aliphatic hydroxyl groups excluding tert-OH is 1. The number of likely N-dealkylation sites (N-methyl/N-ethyl adjacent to an activating group) is 1. The Bertz CT molecular complexity index is 975. The van der Waals surface area contributed by atoms with Crippen LogP contribution in [0.3, 0.4) is 0 Å². The topological polar surface area (TPSA) is 105 Å². The van der Waals surface area contributed by atoms with Crippen molar-refractivity contribution in [3.63, 3.8) is 0 Å². The van der Waals surface area contributed by atoms with Crippen LogP contribution in [0.25, 0.3) is 0 Å². The molecule has 0 bridgehead atoms. The summed E-state index contributed by atoms with van der Waals surface area (Å²) in [4.78, 5) is 23.0. The minimum Gasteiger partial charge on any atom is -0.387 e. The Labute approximate surface area is 314 Å². The van der Waals surface area contributed by atoms with Crippen LogP contribution in [-0.4, -0.2) is 73.4 Å². The van der Waals surface area contributed by atoms with Crippen LogP contribution in [0.2, 0.25) is 0 Å². The van der Waals surface area contributed by atoms with E-state index in [4.69, 9.17) is 9.05 Å². The molecule has 0 fully saturated rings. The fourth-order valence-corrected chi connectivity index (χ4v) is 6.15. The average molecular weight is 740 g/mol. The summed E-state index contributed by atoms with van der Waals surface area (Å²) in [5, 5.41) is 13.7. The van der Waals surface area contributed by atoms with E-state index in [0.29, 0.717) is 17.4 Å². The maximum absolute atomic E-state index is 12.8. The van der Waals surface area contributed by atoms with Gasteiger partial charge < -0.3 is 19.8 Å². The Kier molecular flexibility index (Phi) is 33.2. The first-order valence-electron chi connectivity index (χ1n) is 20.5. The summed E-state index contributed by atoms with van der Waals surface area (Å²) in [5.74, 6) is -0.200. The van der Waals surface area contributed by atoms with E-state index < -0.39 is 20.0 Å². The quantitative estimate of drug-likeness (QED) is 0.0256. The van der Waals surface area contributed by atoms with Gasteiger partial charge in [0, 0.05) is 6.42 Å². The smallest absolute Gasteiger partial charge is 0.387 e. The Morgan fingerprint density at radius 1 is 0.647 bits per heavy atom. The number of aliphatic hydroxyl groups is 1. The van der Waals surface area contributed by atoms with Crippen molar-refractivity contribution >= 4 is 13.7 Å². The number of nitrogens with zero attached hydrogens (tertiary/aromatic N) is 1. The summed E-state index contributed by atoms with van der Waals surface area (Å²) >= 11 is 0. The van der Waals surface area contributed by atoms with Gasteiger partial charge in [-0.05, 0) is 70.6 Å². The third-order valence-electron chi connectivity index (χ3n) is 8.75. The van der Waals surface area contributed by atoms with E-state index in [1.807, 2.05) is 27.2 Å². The summed E-state index contributed by atoms with van der Waals surface area (Å²) in [6.45, 7) is 4.72. The maximum atomic E-state index is 12.8. The molecule has 0 radical (unpaired) electrons. The fourth-order valence-electron chi connectivity index (χ4n) is 5.42. The number of unbranched alkanes of at least 4 members (excludes halogenated alkanes) is 17. The highest BCUT2D eigenvalue weighted by Gasteiger charge is 2.27. The van der Waals surface area contributed by atoms with E-state index in [-0.39, 0.29) is 19.1 Å². The van der Waals surface area contributed by atoms with Gasteiger partial charge in [-0.2, -0.15) is 0 Å². The van der Waals surface area contributed by atoms with Crippen LogP contribution in [0.1, 0.15) is 162 Å². The number of carbonyl (C=O) groups excluding carboxylic acids is 1. The second kappa shape index (κ2) is 34.2. The number of rotatable bonds is 36. The lowest BCUT2D eigenvalue weighted by atomic mass is 10.1. The number of nitrogens with one attached hydrogen (secondary N) is 1. The van der Waals surface area contributed by atoms with Gasteiger partial charge in [0.25, 0.3) is 0 Å². The molecule has 0 heterocycles. The van der Waals surface area contributed by atoms with Gasteiger partial charge >= 0.3 is 7.82 Å². The SMILES string of the molecule is CCCCCC/C=C\CCCCCCCCCC(=O)NC(COP(=O)(O)OCC[N+](C)(C)C)C(O)/C=C/CC/C=C/CC/C=C/CCCCCC. The first kappa shape index (κ1) is 49.5. The summed E-state index contributed by atoms with van der Waals surface area (Å²) < 4.78 is 23.5. The number of phosphoric ester groups is 1. The number of phosphoric acid groups is 1. The highest BCUT2D eigenvalue weighted by molar-refractivity contribution is 7.47. The molecule has 0 aliphatic rings. The molecule has 0 aromatic rings. The molecular weight excluding hydrogens is 659 g/mol. The fraction of sp³-hybridized carbons (Fsp3) is 0.786. The van der Waals surface area contributed by atoms with Crippen molar-refractivity contribution in [2.24, 2.45) is 0 Å². The zero-order valence-electron chi connectivity index (χ0n) is 33.6. The lowest BCUT2D eigenvalue weighted by molar-refractivity contribution is -0.870. The van der Waals surface area contributed by atoms with Gasteiger partial charge in [-0.1, -0.05) is 133 Å². The second-order valence-corrected chi connectivity index (χ2v) is 16.4. The van der Waals surface area contributed by atoms with Gasteiger partial charge in [-0.25, -0.2) is 4.57 Å². The first-order chi connectivity index (χ1) is 24.5. The molecule has 0 rings (SSSR count). The van der Waals surface area contributed by atoms with E-state index in [1.165, 1.54) is 96.3 Å². The van der Waals surface area contributed by atoms with Crippen LogP contribution in [0.5, 0.6) is 0 Å². The molecule has 0 aliphatic carbocycles. The monoisotopic (exact) mass is 740 g/mol. The zero-order chi connectivity index (χ0) is 37.9. The van der Waals surface area contributed by atoms with Crippen LogP contribution in [0, 0.1) is 0 Å². The van der Waals surface area contributed by atoms with E-state index in [1.54, 1.807) is 6.08 Å². The largest absolute Gasteiger partial charge is 0.472 e. The maximum Gasteiger partial charge on any atom is 0.472 e. The third kappa shape index (κ3) is 36.6. The second-order valence-electron chi connectivity index (χ2n) is 15.0. The third-order valence-corrected chi connectivity index (χ3v) is 9.73. The Hall–Kier alpha value is -1.54. The summed E-state index contributed by atoms with van der Waals surface area (Å²) in [6.07, 6.45) is 41.7. The summed E-state index contributed by atoms with van der Waals surface area (Å²) in [5.41, 5.74) is 0. The Morgan fingerprint density at radius 2 is 1.08 bits per heavy atom. The molecule has 0 spiro atoms. The summed E-state index contributed by atoms with van der Waals surface area (Å²) in [7, 11) is 1.54. The predicted molar refractivity (Wildman–Crippen MR) is 217 cm³/mol. The van der Waals surface area contributed by atoms with Crippen LogP contribution in [0.15, 0.2) is 48.6 Å². The predicted octanol–water partition coefficient (Wildman–Crippen LogP) is 10.9. The number of hydrogen-bond acceptors (Lipinski definition) is 5. The number of hydrogen-bond donors (Lipinski definition) is 3. The first-order valence-corrected chi connectivity index (χ1v) is 22.0. The molecule has 298 valence electrons. The molecule has 9 heteroatoms. The number of amides is 1.